The molecule has 0 N–H and O–H groups in total. The van der Waals surface area contributed by atoms with Gasteiger partial charge in [0.2, 0.25) is 0 Å². The molecule has 1 saturated carbocycles. The van der Waals surface area contributed by atoms with Crippen molar-refractivity contribution in [2.45, 2.75) is 51.7 Å². The molecule has 22 heavy (non-hydrogen) atoms. The molecule has 0 amide bonds. The fraction of sp³-hybridized carbons (Fsp3) is 0.429. The van der Waals surface area contributed by atoms with E-state index in [9.17, 15) is 0 Å². The van der Waals surface area contributed by atoms with Gasteiger partial charge in [0.1, 0.15) is 0 Å². The van der Waals surface area contributed by atoms with Crippen molar-refractivity contribution in [3.63, 3.8) is 0 Å². The quantitative estimate of drug-likeness (QED) is 0.709. The molecule has 3 rings (SSSR count). The Hall–Kier alpha value is -1.60. The van der Waals surface area contributed by atoms with Crippen LogP contribution in [0.25, 0.3) is 0 Å². The predicted molar refractivity (Wildman–Crippen MR) is 93.6 cm³/mol. The second-order valence-corrected chi connectivity index (χ2v) is 6.72. The van der Waals surface area contributed by atoms with Gasteiger partial charge in [0.25, 0.3) is 0 Å². The summed E-state index contributed by atoms with van der Waals surface area (Å²) in [6, 6.07) is 23.0. The molecule has 0 heterocycles. The van der Waals surface area contributed by atoms with Crippen LogP contribution in [-0.4, -0.2) is 10.9 Å². The SMILES string of the molecule is CC1CCC[C@H]1N(Cc1ccccc1)[C@@H](C)c1ccccc1. The second-order valence-electron chi connectivity index (χ2n) is 6.72. The van der Waals surface area contributed by atoms with Gasteiger partial charge in [0.15, 0.2) is 0 Å². The molecule has 1 heteroatoms. The van der Waals surface area contributed by atoms with Gasteiger partial charge in [-0.2, -0.15) is 0 Å². The Balaban J connectivity index is 1.85. The summed E-state index contributed by atoms with van der Waals surface area (Å²) in [6.45, 7) is 5.84. The average Bonchev–Trinajstić information content (AvgIpc) is 3.00. The maximum absolute atomic E-state index is 2.72. The Bertz CT molecular complexity index is 563. The van der Waals surface area contributed by atoms with Crippen LogP contribution >= 0.6 is 0 Å². The van der Waals surface area contributed by atoms with Crippen molar-refractivity contribution in [1.29, 1.82) is 0 Å². The largest absolute Gasteiger partial charge is 0.289 e. The smallest absolute Gasteiger partial charge is 0.0326 e. The van der Waals surface area contributed by atoms with Gasteiger partial charge in [-0.1, -0.05) is 74.0 Å². The minimum absolute atomic E-state index is 0.465. The van der Waals surface area contributed by atoms with E-state index >= 15 is 0 Å². The van der Waals surface area contributed by atoms with Gasteiger partial charge in [-0.25, -0.2) is 0 Å². The fourth-order valence-electron chi connectivity index (χ4n) is 3.88. The summed E-state index contributed by atoms with van der Waals surface area (Å²) in [5.74, 6) is 0.801. The molecule has 0 bridgehead atoms. The van der Waals surface area contributed by atoms with Crippen molar-refractivity contribution in [1.82, 2.24) is 4.90 Å². The molecular formula is C21H27N. The van der Waals surface area contributed by atoms with E-state index in [1.165, 1.54) is 30.4 Å². The summed E-state index contributed by atoms with van der Waals surface area (Å²) in [7, 11) is 0. The van der Waals surface area contributed by atoms with E-state index in [1.807, 2.05) is 0 Å². The van der Waals surface area contributed by atoms with Crippen LogP contribution in [0.2, 0.25) is 0 Å². The van der Waals surface area contributed by atoms with Crippen LogP contribution in [0.4, 0.5) is 0 Å². The molecule has 1 aliphatic rings. The summed E-state index contributed by atoms with van der Waals surface area (Å²) in [5, 5.41) is 0. The molecule has 0 aromatic heterocycles. The Morgan fingerprint density at radius 3 is 2.18 bits per heavy atom. The van der Waals surface area contributed by atoms with E-state index in [0.29, 0.717) is 12.1 Å². The van der Waals surface area contributed by atoms with E-state index < -0.39 is 0 Å². The van der Waals surface area contributed by atoms with Gasteiger partial charge in [-0.05, 0) is 36.8 Å². The van der Waals surface area contributed by atoms with Crippen LogP contribution in [0.1, 0.15) is 50.3 Å². The fourth-order valence-corrected chi connectivity index (χ4v) is 3.88. The minimum atomic E-state index is 0.465. The third-order valence-corrected chi connectivity index (χ3v) is 5.23. The molecule has 116 valence electrons. The molecule has 2 aromatic rings. The van der Waals surface area contributed by atoms with Crippen LogP contribution < -0.4 is 0 Å². The zero-order valence-corrected chi connectivity index (χ0v) is 13.8. The average molecular weight is 293 g/mol. The lowest BCUT2D eigenvalue weighted by atomic mass is 9.98. The predicted octanol–water partition coefficient (Wildman–Crippen LogP) is 5.44. The molecule has 1 nitrogen and oxygen atoms in total. The molecule has 0 spiro atoms. The highest BCUT2D eigenvalue weighted by Crippen LogP contribution is 2.35. The lowest BCUT2D eigenvalue weighted by Crippen LogP contribution is -2.38. The van der Waals surface area contributed by atoms with E-state index in [4.69, 9.17) is 0 Å². The van der Waals surface area contributed by atoms with E-state index in [-0.39, 0.29) is 0 Å². The van der Waals surface area contributed by atoms with Crippen molar-refractivity contribution in [2.75, 3.05) is 0 Å². The first-order valence-corrected chi connectivity index (χ1v) is 8.60. The van der Waals surface area contributed by atoms with E-state index in [0.717, 1.165) is 12.5 Å². The van der Waals surface area contributed by atoms with Crippen molar-refractivity contribution in [3.05, 3.63) is 71.8 Å². The van der Waals surface area contributed by atoms with E-state index in [2.05, 4.69) is 79.4 Å². The zero-order valence-electron chi connectivity index (χ0n) is 13.8. The molecule has 2 aromatic carbocycles. The normalized spacial score (nSPS) is 22.9. The maximum Gasteiger partial charge on any atom is 0.0326 e. The van der Waals surface area contributed by atoms with E-state index in [1.54, 1.807) is 0 Å². The van der Waals surface area contributed by atoms with Gasteiger partial charge in [-0.3, -0.25) is 4.90 Å². The Labute approximate surface area is 135 Å². The summed E-state index contributed by atoms with van der Waals surface area (Å²) in [4.78, 5) is 2.72. The number of hydrogen-bond acceptors (Lipinski definition) is 1. The Kier molecular flexibility index (Phi) is 4.94. The summed E-state index contributed by atoms with van der Waals surface area (Å²) < 4.78 is 0. The number of rotatable bonds is 5. The van der Waals surface area contributed by atoms with Crippen molar-refractivity contribution in [2.24, 2.45) is 5.92 Å². The highest BCUT2D eigenvalue weighted by Gasteiger charge is 2.32. The first kappa shape index (κ1) is 15.3. The Morgan fingerprint density at radius 1 is 0.955 bits per heavy atom. The highest BCUT2D eigenvalue weighted by molar-refractivity contribution is 5.20. The molecule has 0 radical (unpaired) electrons. The number of benzene rings is 2. The van der Waals surface area contributed by atoms with Gasteiger partial charge in [-0.15, -0.1) is 0 Å². The van der Waals surface area contributed by atoms with Gasteiger partial charge < -0.3 is 0 Å². The van der Waals surface area contributed by atoms with Crippen molar-refractivity contribution < 1.29 is 0 Å². The van der Waals surface area contributed by atoms with Crippen LogP contribution in [0.5, 0.6) is 0 Å². The lowest BCUT2D eigenvalue weighted by molar-refractivity contribution is 0.110. The highest BCUT2D eigenvalue weighted by atomic mass is 15.2. The molecule has 3 atom stereocenters. The van der Waals surface area contributed by atoms with Gasteiger partial charge in [0.05, 0.1) is 0 Å². The summed E-state index contributed by atoms with van der Waals surface area (Å²) >= 11 is 0. The van der Waals surface area contributed by atoms with Crippen LogP contribution in [0.15, 0.2) is 60.7 Å². The van der Waals surface area contributed by atoms with Crippen molar-refractivity contribution >= 4 is 0 Å². The molecule has 1 fully saturated rings. The summed E-state index contributed by atoms with van der Waals surface area (Å²) in [5.41, 5.74) is 2.85. The maximum atomic E-state index is 2.72. The molecule has 1 aliphatic carbocycles. The first-order valence-electron chi connectivity index (χ1n) is 8.60. The van der Waals surface area contributed by atoms with Crippen molar-refractivity contribution in [3.8, 4) is 0 Å². The van der Waals surface area contributed by atoms with Gasteiger partial charge in [0, 0.05) is 18.6 Å². The third kappa shape index (κ3) is 3.41. The van der Waals surface area contributed by atoms with Crippen LogP contribution in [0.3, 0.4) is 0 Å². The zero-order chi connectivity index (χ0) is 15.4. The molecular weight excluding hydrogens is 266 g/mol. The topological polar surface area (TPSA) is 3.24 Å². The number of nitrogens with zero attached hydrogens (tertiary/aromatic N) is 1. The molecule has 1 unspecified atom stereocenters. The molecule has 0 aliphatic heterocycles. The standard InChI is InChI=1S/C21H27N/c1-17-10-9-15-21(17)22(16-19-11-5-3-6-12-19)18(2)20-13-7-4-8-14-20/h3-8,11-14,17-18,21H,9-10,15-16H2,1-2H3/t17?,18-,21+/m0/s1. The number of hydrogen-bond donors (Lipinski definition) is 0. The van der Waals surface area contributed by atoms with Gasteiger partial charge >= 0.3 is 0 Å². The minimum Gasteiger partial charge on any atom is -0.289 e. The third-order valence-electron chi connectivity index (χ3n) is 5.23. The Morgan fingerprint density at radius 2 is 1.59 bits per heavy atom. The monoisotopic (exact) mass is 293 g/mol. The second kappa shape index (κ2) is 7.11. The summed E-state index contributed by atoms with van der Waals surface area (Å²) in [6.07, 6.45) is 4.08. The van der Waals surface area contributed by atoms with Crippen LogP contribution in [0, 0.1) is 5.92 Å². The molecule has 0 saturated heterocycles. The first-order chi connectivity index (χ1) is 10.8. The van der Waals surface area contributed by atoms with Crippen LogP contribution in [-0.2, 0) is 6.54 Å². The lowest BCUT2D eigenvalue weighted by Gasteiger charge is -2.37.